The maximum Gasteiger partial charge on any atom is 1.00 e. The van der Waals surface area contributed by atoms with Crippen LogP contribution in [0.1, 0.15) is 19.4 Å². The molecule has 12 heteroatoms. The van der Waals surface area contributed by atoms with E-state index in [-0.39, 0.29) is 34.5 Å². The Morgan fingerprint density at radius 3 is 2.22 bits per heavy atom. The number of aliphatic carboxylic acids is 1. The van der Waals surface area contributed by atoms with Crippen LogP contribution in [-0.2, 0) is 33.7 Å². The molecule has 0 bridgehead atoms. The second-order valence-corrected chi connectivity index (χ2v) is 11.0. The van der Waals surface area contributed by atoms with E-state index in [2.05, 4.69) is 0 Å². The molecular weight excluding hydrogens is 409 g/mol. The van der Waals surface area contributed by atoms with Gasteiger partial charge in [0.15, 0.2) is 21.3 Å². The van der Waals surface area contributed by atoms with Crippen LogP contribution in [0.2, 0.25) is 0 Å². The molecule has 2 fully saturated rings. The average molecular weight is 425 g/mol. The Morgan fingerprint density at radius 2 is 1.74 bits per heavy atom. The first-order chi connectivity index (χ1) is 11.8. The normalized spacial score (nSPS) is 28.0. The Bertz CT molecular complexity index is 1000. The summed E-state index contributed by atoms with van der Waals surface area (Å²) in [4.78, 5) is 24.0. The average Bonchev–Trinajstić information content (AvgIpc) is 2.66. The maximum absolute atomic E-state index is 12.7. The number of hydrogen-bond acceptors (Lipinski definition) is 8. The van der Waals surface area contributed by atoms with Crippen molar-refractivity contribution in [2.24, 2.45) is 0 Å². The van der Waals surface area contributed by atoms with Crippen LogP contribution in [0, 0.1) is 6.92 Å². The number of carbonyl (C=O) groups is 2. The van der Waals surface area contributed by atoms with Crippen LogP contribution < -0.4 is 34.7 Å². The van der Waals surface area contributed by atoms with Crippen LogP contribution in [-0.4, -0.2) is 55.9 Å². The van der Waals surface area contributed by atoms with Crippen LogP contribution >= 0.6 is 0 Å². The van der Waals surface area contributed by atoms with Crippen molar-refractivity contribution >= 4 is 31.8 Å². The molecule has 2 saturated heterocycles. The summed E-state index contributed by atoms with van der Waals surface area (Å²) in [6.07, 6.45) is -1.82. The van der Waals surface area contributed by atoms with Crippen molar-refractivity contribution in [3.63, 3.8) is 0 Å². The summed E-state index contributed by atoms with van der Waals surface area (Å²) in [5.41, 5.74) is 0.798. The van der Waals surface area contributed by atoms with E-state index in [1.165, 1.54) is 24.3 Å². The molecule has 0 aromatic heterocycles. The molecule has 2 heterocycles. The summed E-state index contributed by atoms with van der Waals surface area (Å²) in [6, 6.07) is 3.86. The van der Waals surface area contributed by atoms with E-state index in [1.807, 2.05) is 0 Å². The topological polar surface area (TPSA) is 138 Å². The Labute approximate surface area is 179 Å². The van der Waals surface area contributed by atoms with Gasteiger partial charge in [-0.1, -0.05) is 17.7 Å². The zero-order valence-corrected chi connectivity index (χ0v) is 18.7. The third-order valence-corrected chi connectivity index (χ3v) is 8.89. The fourth-order valence-electron chi connectivity index (χ4n) is 3.23. The second-order valence-electron chi connectivity index (χ2n) is 6.79. The molecule has 0 aliphatic carbocycles. The summed E-state index contributed by atoms with van der Waals surface area (Å²) >= 11 is 0. The molecule has 0 unspecified atom stereocenters. The largest absolute Gasteiger partial charge is 1.00 e. The van der Waals surface area contributed by atoms with Gasteiger partial charge in [0, 0.05) is 0 Å². The number of fused-ring (bicyclic) bond motifs is 1. The minimum atomic E-state index is -4.41. The second kappa shape index (κ2) is 6.82. The van der Waals surface area contributed by atoms with E-state index >= 15 is 0 Å². The van der Waals surface area contributed by atoms with Crippen molar-refractivity contribution < 1.29 is 65.3 Å². The molecule has 27 heavy (non-hydrogen) atoms. The minimum Gasteiger partial charge on any atom is -0.548 e. The smallest absolute Gasteiger partial charge is 0.548 e. The van der Waals surface area contributed by atoms with Crippen LogP contribution in [0.5, 0.6) is 0 Å². The molecular formula is C15H16NNaO8S2. The molecule has 0 spiro atoms. The summed E-state index contributed by atoms with van der Waals surface area (Å²) in [5.74, 6) is -2.75. The van der Waals surface area contributed by atoms with E-state index < -0.39 is 54.1 Å². The number of carbonyl (C=O) groups excluding carboxylic acids is 2. The SMILES string of the molecule is Cc1ccc(S(=O)(=O)O[C@@H]2C(=O)N3[C@@H](C(=O)[O-])C(C)(C)S(=O)(=O)[C@H]23)cc1.[Na+]. The summed E-state index contributed by atoms with van der Waals surface area (Å²) < 4.78 is 53.0. The van der Waals surface area contributed by atoms with Crippen LogP contribution in [0.4, 0.5) is 0 Å². The predicted molar refractivity (Wildman–Crippen MR) is 85.7 cm³/mol. The molecule has 0 saturated carbocycles. The number of rotatable bonds is 4. The van der Waals surface area contributed by atoms with E-state index in [0.29, 0.717) is 4.90 Å². The summed E-state index contributed by atoms with van der Waals surface area (Å²) in [5, 5.41) is 9.67. The molecule has 3 rings (SSSR count). The van der Waals surface area contributed by atoms with Gasteiger partial charge in [-0.3, -0.25) is 4.79 Å². The number of aryl methyl sites for hydroxylation is 1. The first-order valence-electron chi connectivity index (χ1n) is 7.59. The van der Waals surface area contributed by atoms with Gasteiger partial charge >= 0.3 is 29.6 Å². The summed E-state index contributed by atoms with van der Waals surface area (Å²) in [7, 11) is -8.62. The number of amides is 1. The molecule has 1 aromatic carbocycles. The number of sulfone groups is 1. The molecule has 2 aliphatic heterocycles. The monoisotopic (exact) mass is 425 g/mol. The zero-order chi connectivity index (χ0) is 19.7. The number of β-lactam (4-membered cyclic amide) rings is 1. The van der Waals surface area contributed by atoms with Gasteiger partial charge in [0.05, 0.1) is 21.7 Å². The standard InChI is InChI=1S/C15H17NO8S2.Na/c1-8-4-6-9(7-5-8)26(22,23)24-10-12(17)16-11(14(18)19)15(2,3)25(20,21)13(10)16;/h4-7,10-11,13H,1-3H3,(H,18,19);/q;+1/p-1/t10-,11+,13-;/m1./s1. The first-order valence-corrected chi connectivity index (χ1v) is 10.5. The molecule has 9 nitrogen and oxygen atoms in total. The number of benzene rings is 1. The molecule has 142 valence electrons. The quantitative estimate of drug-likeness (QED) is 0.268. The predicted octanol–water partition coefficient (Wildman–Crippen LogP) is -4.43. The molecule has 0 N–H and O–H groups in total. The maximum atomic E-state index is 12.7. The van der Waals surface area contributed by atoms with E-state index in [1.54, 1.807) is 6.92 Å². The molecule has 1 amide bonds. The molecule has 3 atom stereocenters. The number of carboxylic acids is 1. The zero-order valence-electron chi connectivity index (χ0n) is 15.1. The Morgan fingerprint density at radius 1 is 1.22 bits per heavy atom. The van der Waals surface area contributed by atoms with Gasteiger partial charge in [-0.2, -0.15) is 8.42 Å². The number of nitrogens with zero attached hydrogens (tertiary/aromatic N) is 1. The van der Waals surface area contributed by atoms with Crippen molar-refractivity contribution in [2.45, 2.75) is 47.9 Å². The third kappa shape index (κ3) is 3.14. The van der Waals surface area contributed by atoms with Crippen molar-refractivity contribution in [1.82, 2.24) is 4.90 Å². The molecule has 2 aliphatic rings. The number of hydrogen-bond donors (Lipinski definition) is 0. The fourth-order valence-corrected chi connectivity index (χ4v) is 6.51. The van der Waals surface area contributed by atoms with Gasteiger partial charge in [-0.05, 0) is 32.9 Å². The fraction of sp³-hybridized carbons (Fsp3) is 0.467. The Kier molecular flexibility index (Phi) is 5.63. The first kappa shape index (κ1) is 22.3. The Balaban J connectivity index is 0.00000261. The van der Waals surface area contributed by atoms with Gasteiger partial charge in [0.1, 0.15) is 0 Å². The van der Waals surface area contributed by atoms with Gasteiger partial charge < -0.3 is 14.8 Å². The summed E-state index contributed by atoms with van der Waals surface area (Å²) in [6.45, 7) is 4.05. The minimum absolute atomic E-state index is 0. The van der Waals surface area contributed by atoms with Crippen LogP contribution in [0.25, 0.3) is 0 Å². The van der Waals surface area contributed by atoms with Gasteiger partial charge in [-0.15, -0.1) is 0 Å². The van der Waals surface area contributed by atoms with E-state index in [0.717, 1.165) is 19.4 Å². The van der Waals surface area contributed by atoms with Gasteiger partial charge in [0.25, 0.3) is 16.0 Å². The Hall–Kier alpha value is -0.980. The van der Waals surface area contributed by atoms with Crippen molar-refractivity contribution in [2.75, 3.05) is 0 Å². The van der Waals surface area contributed by atoms with E-state index in [4.69, 9.17) is 4.18 Å². The molecule has 0 radical (unpaired) electrons. The van der Waals surface area contributed by atoms with Gasteiger partial charge in [-0.25, -0.2) is 12.6 Å². The van der Waals surface area contributed by atoms with Crippen molar-refractivity contribution in [3.8, 4) is 0 Å². The van der Waals surface area contributed by atoms with Crippen LogP contribution in [0.3, 0.4) is 0 Å². The van der Waals surface area contributed by atoms with E-state index in [9.17, 15) is 31.5 Å². The van der Waals surface area contributed by atoms with Crippen molar-refractivity contribution in [3.05, 3.63) is 29.8 Å². The van der Waals surface area contributed by atoms with Crippen molar-refractivity contribution in [1.29, 1.82) is 0 Å². The van der Waals surface area contributed by atoms with Crippen LogP contribution in [0.15, 0.2) is 29.2 Å². The van der Waals surface area contributed by atoms with Gasteiger partial charge in [0.2, 0.25) is 0 Å². The number of carboxylic acid groups (broad SMARTS) is 1. The third-order valence-electron chi connectivity index (χ3n) is 4.78. The molecule has 1 aromatic rings.